The molecule has 0 radical (unpaired) electrons. The molecule has 1 N–H and O–H groups in total. The summed E-state index contributed by atoms with van der Waals surface area (Å²) in [5.74, 6) is -1.21. The molecule has 0 aliphatic carbocycles. The molecule has 1 saturated heterocycles. The van der Waals surface area contributed by atoms with Gasteiger partial charge in [0.1, 0.15) is 0 Å². The van der Waals surface area contributed by atoms with Gasteiger partial charge < -0.3 is 14.6 Å². The number of imidazole rings is 1. The van der Waals surface area contributed by atoms with E-state index in [9.17, 15) is 9.59 Å². The number of piperidine rings is 1. The summed E-state index contributed by atoms with van der Waals surface area (Å²) < 4.78 is 1.89. The summed E-state index contributed by atoms with van der Waals surface area (Å²) in [4.78, 5) is 28.5. The predicted molar refractivity (Wildman–Crippen MR) is 63.8 cm³/mol. The van der Waals surface area contributed by atoms with E-state index in [0.29, 0.717) is 25.9 Å². The Morgan fingerprint density at radius 3 is 3.06 bits per heavy atom. The van der Waals surface area contributed by atoms with Gasteiger partial charge in [0, 0.05) is 37.9 Å². The molecule has 6 nitrogen and oxygen atoms in total. The van der Waals surface area contributed by atoms with E-state index < -0.39 is 11.9 Å². The monoisotopic (exact) mass is 251 g/mol. The number of carboxylic acids is 1. The van der Waals surface area contributed by atoms with Gasteiger partial charge in [-0.3, -0.25) is 9.59 Å². The van der Waals surface area contributed by atoms with Gasteiger partial charge in [-0.2, -0.15) is 0 Å². The minimum absolute atomic E-state index is 0.0196. The lowest BCUT2D eigenvalue weighted by atomic mass is 9.96. The van der Waals surface area contributed by atoms with Crippen molar-refractivity contribution in [2.24, 2.45) is 5.92 Å². The molecule has 98 valence electrons. The van der Waals surface area contributed by atoms with Crippen LogP contribution in [0, 0.1) is 5.92 Å². The number of likely N-dealkylation sites (tertiary alicyclic amines) is 1. The zero-order valence-corrected chi connectivity index (χ0v) is 10.3. The number of carbonyl (C=O) groups is 2. The summed E-state index contributed by atoms with van der Waals surface area (Å²) >= 11 is 0. The number of aliphatic carboxylic acids is 1. The second-order valence-corrected chi connectivity index (χ2v) is 4.73. The number of rotatable bonds is 4. The fourth-order valence-electron chi connectivity index (χ4n) is 2.30. The minimum atomic E-state index is -0.817. The van der Waals surface area contributed by atoms with Gasteiger partial charge in [0.25, 0.3) is 0 Å². The third kappa shape index (κ3) is 2.69. The van der Waals surface area contributed by atoms with Crippen molar-refractivity contribution in [2.75, 3.05) is 6.54 Å². The summed E-state index contributed by atoms with van der Waals surface area (Å²) in [5.41, 5.74) is 0. The lowest BCUT2D eigenvalue weighted by Crippen LogP contribution is -2.48. The average molecular weight is 251 g/mol. The topological polar surface area (TPSA) is 75.4 Å². The Bertz CT molecular complexity index is 430. The second-order valence-electron chi connectivity index (χ2n) is 4.73. The molecule has 2 heterocycles. The molecule has 0 aromatic carbocycles. The Morgan fingerprint density at radius 1 is 1.67 bits per heavy atom. The van der Waals surface area contributed by atoms with Gasteiger partial charge in [-0.15, -0.1) is 0 Å². The quantitative estimate of drug-likeness (QED) is 0.850. The fraction of sp³-hybridized carbons (Fsp3) is 0.583. The van der Waals surface area contributed by atoms with Gasteiger partial charge in [-0.1, -0.05) is 0 Å². The number of hydrogen-bond acceptors (Lipinski definition) is 3. The first-order chi connectivity index (χ1) is 8.58. The molecule has 1 aliphatic heterocycles. The van der Waals surface area contributed by atoms with Crippen LogP contribution in [-0.2, 0) is 16.1 Å². The van der Waals surface area contributed by atoms with Crippen LogP contribution < -0.4 is 0 Å². The number of carboxylic acid groups (broad SMARTS) is 1. The highest BCUT2D eigenvalue weighted by Crippen LogP contribution is 2.20. The Balaban J connectivity index is 2.01. The Hall–Kier alpha value is -1.85. The zero-order valence-electron chi connectivity index (χ0n) is 10.3. The number of carbonyl (C=O) groups excluding carboxylic acids is 1. The standard InChI is InChI=1S/C12H17N3O3/c1-9(6-14-5-4-13-8-14)15-7-10(12(17)18)2-3-11(15)16/h4-5,8-10H,2-3,6-7H2,1H3,(H,17,18). The van der Waals surface area contributed by atoms with Crippen LogP contribution in [0.15, 0.2) is 18.7 Å². The fourth-order valence-corrected chi connectivity index (χ4v) is 2.30. The van der Waals surface area contributed by atoms with Crippen molar-refractivity contribution >= 4 is 11.9 Å². The van der Waals surface area contributed by atoms with E-state index in [1.54, 1.807) is 17.4 Å². The molecule has 1 aromatic heterocycles. The molecular weight excluding hydrogens is 234 g/mol. The van der Waals surface area contributed by atoms with E-state index in [-0.39, 0.29) is 11.9 Å². The van der Waals surface area contributed by atoms with Crippen LogP contribution >= 0.6 is 0 Å². The number of aromatic nitrogens is 2. The zero-order chi connectivity index (χ0) is 13.1. The van der Waals surface area contributed by atoms with E-state index in [4.69, 9.17) is 5.11 Å². The van der Waals surface area contributed by atoms with Gasteiger partial charge in [-0.25, -0.2) is 4.98 Å². The van der Waals surface area contributed by atoms with Gasteiger partial charge in [0.15, 0.2) is 0 Å². The van der Waals surface area contributed by atoms with Crippen molar-refractivity contribution in [2.45, 2.75) is 32.4 Å². The second kappa shape index (κ2) is 5.20. The summed E-state index contributed by atoms with van der Waals surface area (Å²) in [5, 5.41) is 9.03. The maximum atomic E-state index is 11.8. The SMILES string of the molecule is CC(Cn1ccnc1)N1CC(C(=O)O)CCC1=O. The first-order valence-electron chi connectivity index (χ1n) is 6.06. The van der Waals surface area contributed by atoms with Crippen molar-refractivity contribution < 1.29 is 14.7 Å². The molecule has 0 bridgehead atoms. The Labute approximate surface area is 105 Å². The number of nitrogens with zero attached hydrogens (tertiary/aromatic N) is 3. The highest BCUT2D eigenvalue weighted by Gasteiger charge is 2.32. The highest BCUT2D eigenvalue weighted by molar-refractivity contribution is 5.80. The normalized spacial score (nSPS) is 21.9. The molecule has 1 aliphatic rings. The van der Waals surface area contributed by atoms with E-state index in [1.165, 1.54) is 0 Å². The molecule has 2 atom stereocenters. The van der Waals surface area contributed by atoms with Gasteiger partial charge in [0.05, 0.1) is 12.2 Å². The number of hydrogen-bond donors (Lipinski definition) is 1. The van der Waals surface area contributed by atoms with Crippen molar-refractivity contribution in [1.82, 2.24) is 14.5 Å². The van der Waals surface area contributed by atoms with Crippen LogP contribution in [0.1, 0.15) is 19.8 Å². The van der Waals surface area contributed by atoms with Crippen LogP contribution in [0.3, 0.4) is 0 Å². The van der Waals surface area contributed by atoms with Crippen LogP contribution in [0.4, 0.5) is 0 Å². The molecule has 1 aromatic rings. The van der Waals surface area contributed by atoms with Crippen molar-refractivity contribution in [3.05, 3.63) is 18.7 Å². The van der Waals surface area contributed by atoms with Crippen molar-refractivity contribution in [1.29, 1.82) is 0 Å². The molecule has 6 heteroatoms. The maximum absolute atomic E-state index is 11.8. The first-order valence-corrected chi connectivity index (χ1v) is 6.06. The van der Waals surface area contributed by atoms with Gasteiger partial charge in [0.2, 0.25) is 5.91 Å². The highest BCUT2D eigenvalue weighted by atomic mass is 16.4. The third-order valence-corrected chi connectivity index (χ3v) is 3.36. The molecule has 2 unspecified atom stereocenters. The van der Waals surface area contributed by atoms with E-state index in [1.807, 2.05) is 17.7 Å². The lowest BCUT2D eigenvalue weighted by molar-refractivity contribution is -0.148. The van der Waals surface area contributed by atoms with Crippen molar-refractivity contribution in [3.63, 3.8) is 0 Å². The molecule has 18 heavy (non-hydrogen) atoms. The summed E-state index contributed by atoms with van der Waals surface area (Å²) in [7, 11) is 0. The van der Waals surface area contributed by atoms with E-state index >= 15 is 0 Å². The molecule has 1 amide bonds. The molecule has 0 saturated carbocycles. The Kier molecular flexibility index (Phi) is 3.64. The van der Waals surface area contributed by atoms with Crippen molar-refractivity contribution in [3.8, 4) is 0 Å². The molecule has 1 fully saturated rings. The molecular formula is C12H17N3O3. The van der Waals surface area contributed by atoms with Crippen LogP contribution in [0.5, 0.6) is 0 Å². The van der Waals surface area contributed by atoms with Gasteiger partial charge in [-0.05, 0) is 13.3 Å². The number of amides is 1. The molecule has 2 rings (SSSR count). The van der Waals surface area contributed by atoms with Gasteiger partial charge >= 0.3 is 5.97 Å². The smallest absolute Gasteiger partial charge is 0.308 e. The van der Waals surface area contributed by atoms with Crippen LogP contribution in [-0.4, -0.2) is 44.0 Å². The molecule has 0 spiro atoms. The largest absolute Gasteiger partial charge is 0.481 e. The average Bonchev–Trinajstić information content (AvgIpc) is 2.81. The van der Waals surface area contributed by atoms with E-state index in [2.05, 4.69) is 4.98 Å². The predicted octanol–water partition coefficient (Wildman–Crippen LogP) is 0.595. The Morgan fingerprint density at radius 2 is 2.44 bits per heavy atom. The third-order valence-electron chi connectivity index (χ3n) is 3.36. The summed E-state index contributed by atoms with van der Waals surface area (Å²) in [6.07, 6.45) is 5.98. The van der Waals surface area contributed by atoms with E-state index in [0.717, 1.165) is 0 Å². The minimum Gasteiger partial charge on any atom is -0.481 e. The first kappa shape index (κ1) is 12.6. The lowest BCUT2D eigenvalue weighted by Gasteiger charge is -2.35. The maximum Gasteiger partial charge on any atom is 0.308 e. The van der Waals surface area contributed by atoms with Crippen LogP contribution in [0.2, 0.25) is 0 Å². The summed E-state index contributed by atoms with van der Waals surface area (Å²) in [6, 6.07) is -0.0196. The summed E-state index contributed by atoms with van der Waals surface area (Å²) in [6.45, 7) is 2.88. The van der Waals surface area contributed by atoms with Crippen LogP contribution in [0.25, 0.3) is 0 Å².